The third-order valence-electron chi connectivity index (χ3n) is 4.09. The van der Waals surface area contributed by atoms with Gasteiger partial charge in [-0.25, -0.2) is 4.98 Å². The van der Waals surface area contributed by atoms with Crippen molar-refractivity contribution in [3.63, 3.8) is 0 Å². The number of nitrogens with zero attached hydrogens (tertiary/aromatic N) is 2. The van der Waals surface area contributed by atoms with Crippen LogP contribution in [-0.2, 0) is 5.41 Å². The lowest BCUT2D eigenvalue weighted by Gasteiger charge is -2.25. The molecule has 1 fully saturated rings. The lowest BCUT2D eigenvalue weighted by atomic mass is 9.82. The number of aromatic nitrogens is 3. The van der Waals surface area contributed by atoms with Crippen LogP contribution < -0.4 is 10.1 Å². The Hall–Kier alpha value is -1.62. The van der Waals surface area contributed by atoms with Gasteiger partial charge in [-0.05, 0) is 32.4 Å². The predicted molar refractivity (Wildman–Crippen MR) is 79.1 cm³/mol. The quantitative estimate of drug-likeness (QED) is 0.878. The largest absolute Gasteiger partial charge is 0.478 e. The minimum atomic E-state index is 0.140. The zero-order chi connectivity index (χ0) is 14.0. The van der Waals surface area contributed by atoms with E-state index < -0.39 is 0 Å². The molecule has 3 heterocycles. The first-order valence-electron chi connectivity index (χ1n) is 7.48. The van der Waals surface area contributed by atoms with Gasteiger partial charge in [-0.3, -0.25) is 0 Å². The third-order valence-corrected chi connectivity index (χ3v) is 4.09. The second-order valence-corrected chi connectivity index (χ2v) is 5.50. The topological polar surface area (TPSA) is 62.8 Å². The summed E-state index contributed by atoms with van der Waals surface area (Å²) >= 11 is 0. The van der Waals surface area contributed by atoms with Gasteiger partial charge < -0.3 is 15.0 Å². The number of imidazole rings is 1. The van der Waals surface area contributed by atoms with E-state index in [0.717, 1.165) is 49.3 Å². The molecule has 0 aromatic carbocycles. The van der Waals surface area contributed by atoms with Crippen LogP contribution in [0, 0.1) is 0 Å². The van der Waals surface area contributed by atoms with Gasteiger partial charge >= 0.3 is 0 Å². The average molecular weight is 274 g/mol. The Morgan fingerprint density at radius 2 is 2.20 bits per heavy atom. The highest BCUT2D eigenvalue weighted by atomic mass is 16.5. The van der Waals surface area contributed by atoms with E-state index in [9.17, 15) is 0 Å². The fourth-order valence-electron chi connectivity index (χ4n) is 3.11. The Morgan fingerprint density at radius 3 is 2.90 bits per heavy atom. The number of pyridine rings is 1. The minimum Gasteiger partial charge on any atom is -0.478 e. The molecule has 3 rings (SSSR count). The zero-order valence-electron chi connectivity index (χ0n) is 12.2. The van der Waals surface area contributed by atoms with Crippen LogP contribution in [0.5, 0.6) is 5.88 Å². The molecule has 0 amide bonds. The van der Waals surface area contributed by atoms with E-state index in [1.54, 1.807) is 0 Å². The molecule has 2 N–H and O–H groups in total. The molecule has 0 spiro atoms. The first kappa shape index (κ1) is 13.4. The third kappa shape index (κ3) is 2.26. The molecule has 1 atom stereocenters. The van der Waals surface area contributed by atoms with Crippen molar-refractivity contribution >= 4 is 11.2 Å². The van der Waals surface area contributed by atoms with E-state index in [4.69, 9.17) is 9.72 Å². The highest BCUT2D eigenvalue weighted by Crippen LogP contribution is 2.34. The van der Waals surface area contributed by atoms with Gasteiger partial charge in [0.25, 0.3) is 0 Å². The molecule has 1 unspecified atom stereocenters. The van der Waals surface area contributed by atoms with E-state index in [-0.39, 0.29) is 5.41 Å². The van der Waals surface area contributed by atoms with Gasteiger partial charge in [0.05, 0.1) is 12.1 Å². The van der Waals surface area contributed by atoms with Crippen LogP contribution in [0.2, 0.25) is 0 Å². The monoisotopic (exact) mass is 274 g/mol. The van der Waals surface area contributed by atoms with Crippen LogP contribution in [0.4, 0.5) is 0 Å². The molecule has 1 saturated heterocycles. The highest BCUT2D eigenvalue weighted by molar-refractivity contribution is 5.71. The van der Waals surface area contributed by atoms with Crippen LogP contribution in [-0.4, -0.2) is 34.6 Å². The summed E-state index contributed by atoms with van der Waals surface area (Å²) in [5.74, 6) is 1.72. The first-order valence-corrected chi connectivity index (χ1v) is 7.48. The molecule has 1 aliphatic heterocycles. The molecule has 0 bridgehead atoms. The van der Waals surface area contributed by atoms with Crippen molar-refractivity contribution in [2.75, 3.05) is 19.7 Å². The Kier molecular flexibility index (Phi) is 3.61. The molecule has 0 radical (unpaired) electrons. The van der Waals surface area contributed by atoms with Crippen LogP contribution in [0.15, 0.2) is 12.1 Å². The highest BCUT2D eigenvalue weighted by Gasteiger charge is 2.37. The van der Waals surface area contributed by atoms with E-state index in [2.05, 4.69) is 22.2 Å². The Morgan fingerprint density at radius 1 is 1.30 bits per heavy atom. The summed E-state index contributed by atoms with van der Waals surface area (Å²) in [6, 6.07) is 3.90. The van der Waals surface area contributed by atoms with Crippen LogP contribution in [0.3, 0.4) is 0 Å². The second-order valence-electron chi connectivity index (χ2n) is 5.50. The number of nitrogens with one attached hydrogen (secondary N) is 2. The molecule has 2 aromatic rings. The van der Waals surface area contributed by atoms with E-state index in [1.165, 1.54) is 0 Å². The summed E-state index contributed by atoms with van der Waals surface area (Å²) in [4.78, 5) is 12.7. The fourth-order valence-corrected chi connectivity index (χ4v) is 3.11. The SMILES string of the molecule is CCCC1(c2nc3nc(OCC)ccc3[nH]2)CCNC1. The van der Waals surface area contributed by atoms with Crippen LogP contribution in [0.1, 0.15) is 38.9 Å². The smallest absolute Gasteiger partial charge is 0.215 e. The number of hydrogen-bond donors (Lipinski definition) is 2. The standard InChI is InChI=1S/C15H22N4O/c1-3-7-15(8-9-16-10-15)14-17-11-5-6-12(20-4-2)18-13(11)19-14/h5-6,16H,3-4,7-10H2,1-2H3,(H,17,18,19). The maximum absolute atomic E-state index is 5.44. The van der Waals surface area contributed by atoms with Crippen molar-refractivity contribution < 1.29 is 4.74 Å². The van der Waals surface area contributed by atoms with Crippen molar-refractivity contribution in [1.82, 2.24) is 20.3 Å². The number of fused-ring (bicyclic) bond motifs is 1. The van der Waals surface area contributed by atoms with E-state index in [0.29, 0.717) is 12.5 Å². The minimum absolute atomic E-state index is 0.140. The van der Waals surface area contributed by atoms with Gasteiger partial charge in [-0.15, -0.1) is 0 Å². The number of ether oxygens (including phenoxy) is 1. The lowest BCUT2D eigenvalue weighted by Crippen LogP contribution is -2.30. The summed E-state index contributed by atoms with van der Waals surface area (Å²) in [7, 11) is 0. The molecule has 5 nitrogen and oxygen atoms in total. The van der Waals surface area contributed by atoms with Gasteiger partial charge in [0, 0.05) is 18.0 Å². The zero-order valence-corrected chi connectivity index (χ0v) is 12.2. The summed E-state index contributed by atoms with van der Waals surface area (Å²) in [6.45, 7) is 6.88. The summed E-state index contributed by atoms with van der Waals surface area (Å²) < 4.78 is 5.44. The van der Waals surface area contributed by atoms with E-state index >= 15 is 0 Å². The predicted octanol–water partition coefficient (Wildman–Crippen LogP) is 2.39. The molecule has 0 aliphatic carbocycles. The molecule has 1 aliphatic rings. The second kappa shape index (κ2) is 5.40. The maximum atomic E-state index is 5.44. The van der Waals surface area contributed by atoms with Crippen molar-refractivity contribution in [3.05, 3.63) is 18.0 Å². The molecule has 5 heteroatoms. The number of H-pyrrole nitrogens is 1. The fraction of sp³-hybridized carbons (Fsp3) is 0.600. The maximum Gasteiger partial charge on any atom is 0.215 e. The number of hydrogen-bond acceptors (Lipinski definition) is 4. The Balaban J connectivity index is 1.98. The summed E-state index contributed by atoms with van der Waals surface area (Å²) in [6.07, 6.45) is 3.45. The van der Waals surface area contributed by atoms with Gasteiger partial charge in [0.1, 0.15) is 5.82 Å². The number of rotatable bonds is 5. The lowest BCUT2D eigenvalue weighted by molar-refractivity contribution is 0.328. The molecule has 0 saturated carbocycles. The molecule has 2 aromatic heterocycles. The van der Waals surface area contributed by atoms with E-state index in [1.807, 2.05) is 19.1 Å². The number of aromatic amines is 1. The molecular formula is C15H22N4O. The first-order chi connectivity index (χ1) is 9.77. The molecule has 20 heavy (non-hydrogen) atoms. The van der Waals surface area contributed by atoms with Gasteiger partial charge in [-0.1, -0.05) is 13.3 Å². The summed E-state index contributed by atoms with van der Waals surface area (Å²) in [5, 5.41) is 3.47. The van der Waals surface area contributed by atoms with Crippen LogP contribution in [0.25, 0.3) is 11.2 Å². The Labute approximate surface area is 119 Å². The van der Waals surface area contributed by atoms with Crippen LogP contribution >= 0.6 is 0 Å². The van der Waals surface area contributed by atoms with Crippen molar-refractivity contribution in [2.45, 2.75) is 38.5 Å². The van der Waals surface area contributed by atoms with Gasteiger partial charge in [0.15, 0.2) is 5.65 Å². The van der Waals surface area contributed by atoms with Crippen molar-refractivity contribution in [1.29, 1.82) is 0 Å². The van der Waals surface area contributed by atoms with Crippen molar-refractivity contribution in [2.24, 2.45) is 0 Å². The average Bonchev–Trinajstić information content (AvgIpc) is 3.06. The van der Waals surface area contributed by atoms with Gasteiger partial charge in [-0.2, -0.15) is 4.98 Å². The van der Waals surface area contributed by atoms with Gasteiger partial charge in [0.2, 0.25) is 5.88 Å². The Bertz CT molecular complexity index is 587. The van der Waals surface area contributed by atoms with Crippen molar-refractivity contribution in [3.8, 4) is 5.88 Å². The summed E-state index contributed by atoms with van der Waals surface area (Å²) in [5.41, 5.74) is 1.89. The molecular weight excluding hydrogens is 252 g/mol. The normalized spacial score (nSPS) is 22.5. The molecule has 108 valence electrons.